The second kappa shape index (κ2) is 17.3. The Labute approximate surface area is 220 Å². The number of hydrogen-bond donors (Lipinski definition) is 7. The highest BCUT2D eigenvalue weighted by Crippen LogP contribution is 2.07. The zero-order chi connectivity index (χ0) is 27.8. The number of nitrogens with one attached hydrogen (secondary N) is 3. The van der Waals surface area contributed by atoms with E-state index in [4.69, 9.17) is 11.5 Å². The number of amides is 3. The molecule has 0 aliphatic carbocycles. The van der Waals surface area contributed by atoms with Gasteiger partial charge in [-0.2, -0.15) is 11.8 Å². The molecule has 206 valence electrons. The fourth-order valence-electron chi connectivity index (χ4n) is 3.39. The van der Waals surface area contributed by atoms with Gasteiger partial charge in [0.25, 0.3) is 0 Å². The van der Waals surface area contributed by atoms with Crippen molar-refractivity contribution in [2.24, 2.45) is 11.5 Å². The van der Waals surface area contributed by atoms with Gasteiger partial charge >= 0.3 is 11.9 Å². The molecule has 0 heterocycles. The van der Waals surface area contributed by atoms with Crippen molar-refractivity contribution in [1.29, 1.82) is 0 Å². The van der Waals surface area contributed by atoms with Crippen LogP contribution in [0.5, 0.6) is 0 Å². The van der Waals surface area contributed by atoms with Crippen LogP contribution >= 0.6 is 11.8 Å². The van der Waals surface area contributed by atoms with Gasteiger partial charge in [0, 0.05) is 6.42 Å². The molecule has 4 atom stereocenters. The Morgan fingerprint density at radius 1 is 0.865 bits per heavy atom. The number of hydrogen-bond acceptors (Lipinski definition) is 8. The van der Waals surface area contributed by atoms with Crippen molar-refractivity contribution in [3.63, 3.8) is 0 Å². The normalized spacial score (nSPS) is 14.0. The first-order valence-corrected chi connectivity index (χ1v) is 13.3. The van der Waals surface area contributed by atoms with Crippen LogP contribution in [-0.2, 0) is 30.4 Å². The van der Waals surface area contributed by atoms with Crippen LogP contribution in [-0.4, -0.2) is 82.6 Å². The molecule has 0 saturated heterocycles. The predicted octanol–water partition coefficient (Wildman–Crippen LogP) is -0.548. The number of thioether (sulfide) groups is 1. The largest absolute Gasteiger partial charge is 0.481 e. The maximum Gasteiger partial charge on any atom is 0.326 e. The average molecular weight is 540 g/mol. The van der Waals surface area contributed by atoms with E-state index in [1.54, 1.807) is 30.3 Å². The Morgan fingerprint density at radius 2 is 1.46 bits per heavy atom. The molecule has 3 amide bonds. The number of carboxylic acid groups (broad SMARTS) is 2. The third kappa shape index (κ3) is 12.6. The summed E-state index contributed by atoms with van der Waals surface area (Å²) in [6, 6.07) is 3.74. The van der Waals surface area contributed by atoms with E-state index in [0.29, 0.717) is 37.1 Å². The summed E-state index contributed by atoms with van der Waals surface area (Å²) in [6.45, 7) is 0.373. The summed E-state index contributed by atoms with van der Waals surface area (Å²) in [7, 11) is 0. The Hall–Kier alpha value is -3.16. The second-order valence-corrected chi connectivity index (χ2v) is 9.47. The molecule has 1 rings (SSSR count). The topological polar surface area (TPSA) is 214 Å². The Bertz CT molecular complexity index is 903. The number of aliphatic carboxylic acids is 2. The van der Waals surface area contributed by atoms with Gasteiger partial charge in [0.15, 0.2) is 0 Å². The van der Waals surface area contributed by atoms with Crippen LogP contribution in [0.2, 0.25) is 0 Å². The Morgan fingerprint density at radius 3 is 2.03 bits per heavy atom. The first-order valence-electron chi connectivity index (χ1n) is 11.9. The van der Waals surface area contributed by atoms with E-state index in [1.807, 2.05) is 6.26 Å². The molecule has 1 aromatic rings. The Balaban J connectivity index is 2.98. The number of benzene rings is 1. The van der Waals surface area contributed by atoms with Crippen LogP contribution in [0, 0.1) is 0 Å². The van der Waals surface area contributed by atoms with Crippen LogP contribution < -0.4 is 27.4 Å². The highest BCUT2D eigenvalue weighted by molar-refractivity contribution is 7.98. The minimum absolute atomic E-state index is 0.0403. The minimum atomic E-state index is -1.57. The minimum Gasteiger partial charge on any atom is -0.481 e. The maximum absolute atomic E-state index is 13.0. The third-order valence-electron chi connectivity index (χ3n) is 5.46. The van der Waals surface area contributed by atoms with Gasteiger partial charge in [0.1, 0.15) is 18.1 Å². The van der Waals surface area contributed by atoms with Crippen LogP contribution in [0.25, 0.3) is 0 Å². The van der Waals surface area contributed by atoms with Crippen molar-refractivity contribution in [1.82, 2.24) is 16.0 Å². The molecular formula is C24H37N5O7S. The number of unbranched alkanes of at least 4 members (excludes halogenated alkanes) is 1. The molecule has 37 heavy (non-hydrogen) atoms. The van der Waals surface area contributed by atoms with Crippen molar-refractivity contribution in [3.8, 4) is 0 Å². The van der Waals surface area contributed by atoms with E-state index in [-0.39, 0.29) is 12.8 Å². The fraction of sp³-hybridized carbons (Fsp3) is 0.542. The van der Waals surface area contributed by atoms with Crippen molar-refractivity contribution < 1.29 is 34.2 Å². The molecule has 9 N–H and O–H groups in total. The summed E-state index contributed by atoms with van der Waals surface area (Å²) in [4.78, 5) is 61.5. The van der Waals surface area contributed by atoms with Gasteiger partial charge in [-0.15, -0.1) is 0 Å². The van der Waals surface area contributed by atoms with E-state index >= 15 is 0 Å². The van der Waals surface area contributed by atoms with Gasteiger partial charge in [-0.1, -0.05) is 30.3 Å². The third-order valence-corrected chi connectivity index (χ3v) is 6.10. The highest BCUT2D eigenvalue weighted by Gasteiger charge is 2.31. The van der Waals surface area contributed by atoms with E-state index in [1.165, 1.54) is 11.8 Å². The molecule has 0 aromatic heterocycles. The summed E-state index contributed by atoms with van der Waals surface area (Å²) >= 11 is 1.52. The number of rotatable bonds is 18. The molecule has 0 aliphatic heterocycles. The number of carbonyl (C=O) groups is 5. The van der Waals surface area contributed by atoms with Crippen molar-refractivity contribution in [3.05, 3.63) is 35.9 Å². The maximum atomic E-state index is 13.0. The lowest BCUT2D eigenvalue weighted by atomic mass is 10.0. The molecule has 0 spiro atoms. The lowest BCUT2D eigenvalue weighted by molar-refractivity contribution is -0.143. The lowest BCUT2D eigenvalue weighted by Crippen LogP contribution is -2.57. The molecule has 13 heteroatoms. The molecule has 0 fully saturated rings. The van der Waals surface area contributed by atoms with Crippen LogP contribution in [0.3, 0.4) is 0 Å². The SMILES string of the molecule is CSCCC(N)C(=O)NC(CCCCN)C(=O)NC(CC(=O)O)C(=O)NC(Cc1ccccc1)C(=O)O. The molecule has 12 nitrogen and oxygen atoms in total. The summed E-state index contributed by atoms with van der Waals surface area (Å²) in [5.74, 6) is -4.34. The summed E-state index contributed by atoms with van der Waals surface area (Å²) in [5.41, 5.74) is 12.1. The van der Waals surface area contributed by atoms with Gasteiger partial charge in [-0.05, 0) is 49.8 Å². The van der Waals surface area contributed by atoms with Crippen molar-refractivity contribution in [2.75, 3.05) is 18.6 Å². The highest BCUT2D eigenvalue weighted by atomic mass is 32.2. The summed E-state index contributed by atoms with van der Waals surface area (Å²) in [5, 5.41) is 26.1. The molecule has 0 aliphatic rings. The predicted molar refractivity (Wildman–Crippen MR) is 140 cm³/mol. The van der Waals surface area contributed by atoms with Crippen molar-refractivity contribution >= 4 is 41.4 Å². The monoisotopic (exact) mass is 539 g/mol. The number of carbonyl (C=O) groups excluding carboxylic acids is 3. The van der Waals surface area contributed by atoms with E-state index < -0.39 is 60.2 Å². The standard InChI is InChI=1S/C24H37N5O7S/c1-37-12-10-16(26)21(32)27-17(9-5-6-11-25)22(33)28-18(14-20(30)31)23(34)29-19(24(35)36)13-15-7-3-2-4-8-15/h2-4,7-8,16-19H,5-6,9-14,25-26H2,1H3,(H,27,32)(H,28,33)(H,29,34)(H,30,31)(H,35,36). The van der Waals surface area contributed by atoms with Gasteiger partial charge in [0.05, 0.1) is 12.5 Å². The van der Waals surface area contributed by atoms with Crippen LogP contribution in [0.1, 0.15) is 37.7 Å². The van der Waals surface area contributed by atoms with E-state index in [2.05, 4.69) is 16.0 Å². The van der Waals surface area contributed by atoms with E-state index in [9.17, 15) is 34.2 Å². The average Bonchev–Trinajstić information content (AvgIpc) is 2.85. The molecular weight excluding hydrogens is 502 g/mol. The number of carboxylic acids is 2. The van der Waals surface area contributed by atoms with Gasteiger partial charge in [-0.25, -0.2) is 4.79 Å². The van der Waals surface area contributed by atoms with Crippen LogP contribution in [0.4, 0.5) is 0 Å². The molecule has 0 saturated carbocycles. The lowest BCUT2D eigenvalue weighted by Gasteiger charge is -2.24. The molecule has 0 bridgehead atoms. The molecule has 0 radical (unpaired) electrons. The molecule has 1 aromatic carbocycles. The number of nitrogens with two attached hydrogens (primary N) is 2. The first-order chi connectivity index (χ1) is 17.6. The zero-order valence-corrected chi connectivity index (χ0v) is 21.7. The second-order valence-electron chi connectivity index (χ2n) is 8.48. The molecule has 4 unspecified atom stereocenters. The Kier molecular flexibility index (Phi) is 14.9. The van der Waals surface area contributed by atoms with E-state index in [0.717, 1.165) is 0 Å². The van der Waals surface area contributed by atoms with Crippen molar-refractivity contribution in [2.45, 2.75) is 62.7 Å². The first kappa shape index (κ1) is 31.9. The summed E-state index contributed by atoms with van der Waals surface area (Å²) < 4.78 is 0. The quantitative estimate of drug-likeness (QED) is 0.118. The van der Waals surface area contributed by atoms with Gasteiger partial charge < -0.3 is 37.6 Å². The smallest absolute Gasteiger partial charge is 0.326 e. The van der Waals surface area contributed by atoms with Gasteiger partial charge in [0.2, 0.25) is 17.7 Å². The summed E-state index contributed by atoms with van der Waals surface area (Å²) in [6.07, 6.45) is 2.70. The van der Waals surface area contributed by atoms with Crippen LogP contribution in [0.15, 0.2) is 30.3 Å². The fourth-order valence-corrected chi connectivity index (χ4v) is 3.88. The zero-order valence-electron chi connectivity index (χ0n) is 20.9. The van der Waals surface area contributed by atoms with Gasteiger partial charge in [-0.3, -0.25) is 19.2 Å².